The van der Waals surface area contributed by atoms with E-state index in [1.54, 1.807) is 7.05 Å². The molecule has 1 aromatic carbocycles. The average Bonchev–Trinajstić information content (AvgIpc) is 2.60. The summed E-state index contributed by atoms with van der Waals surface area (Å²) < 4.78 is 0. The van der Waals surface area contributed by atoms with Gasteiger partial charge in [-0.1, -0.05) is 30.3 Å². The molecule has 1 heterocycles. The highest BCUT2D eigenvalue weighted by Crippen LogP contribution is 2.04. The fraction of sp³-hybridized carbons (Fsp3) is 0.250. The number of rotatable bonds is 6. The molecule has 7 nitrogen and oxygen atoms in total. The maximum absolute atomic E-state index is 12.4. The van der Waals surface area contributed by atoms with Crippen LogP contribution in [0.5, 0.6) is 0 Å². The Morgan fingerprint density at radius 3 is 2.61 bits per heavy atom. The number of nitrogens with one attached hydrogen (secondary N) is 1. The summed E-state index contributed by atoms with van der Waals surface area (Å²) in [5.74, 6) is -0.938. The molecule has 0 saturated heterocycles. The van der Waals surface area contributed by atoms with Crippen LogP contribution in [0.25, 0.3) is 0 Å². The number of benzene rings is 1. The molecule has 0 unspecified atom stereocenters. The molecule has 0 saturated carbocycles. The minimum absolute atomic E-state index is 0.0875. The van der Waals surface area contributed by atoms with E-state index in [9.17, 15) is 14.7 Å². The third kappa shape index (κ3) is 4.58. The number of aliphatic hydroxyl groups is 1. The maximum atomic E-state index is 12.4. The summed E-state index contributed by atoms with van der Waals surface area (Å²) in [5.41, 5.74) is 1.05. The van der Waals surface area contributed by atoms with Crippen LogP contribution in [0, 0.1) is 0 Å². The van der Waals surface area contributed by atoms with Gasteiger partial charge in [-0.3, -0.25) is 14.6 Å². The molecular weight excluding hydrogens is 296 g/mol. The molecule has 0 spiro atoms. The topological polar surface area (TPSA) is 95.4 Å². The quantitative estimate of drug-likeness (QED) is 0.795. The van der Waals surface area contributed by atoms with Crippen molar-refractivity contribution < 1.29 is 14.7 Å². The molecule has 0 aliphatic heterocycles. The Hall–Kier alpha value is -2.80. The van der Waals surface area contributed by atoms with E-state index < -0.39 is 18.6 Å². The van der Waals surface area contributed by atoms with E-state index in [2.05, 4.69) is 15.3 Å². The molecule has 2 amide bonds. The summed E-state index contributed by atoms with van der Waals surface area (Å²) in [6.45, 7) is -0.110. The summed E-state index contributed by atoms with van der Waals surface area (Å²) in [7, 11) is 1.62. The van der Waals surface area contributed by atoms with Crippen molar-refractivity contribution in [2.45, 2.75) is 12.6 Å². The Balaban J connectivity index is 1.99. The number of nitrogens with zero attached hydrogens (tertiary/aromatic N) is 3. The Morgan fingerprint density at radius 2 is 2.00 bits per heavy atom. The van der Waals surface area contributed by atoms with Crippen molar-refractivity contribution in [1.29, 1.82) is 0 Å². The first-order chi connectivity index (χ1) is 11.1. The second-order valence-corrected chi connectivity index (χ2v) is 4.98. The highest BCUT2D eigenvalue weighted by Gasteiger charge is 2.24. The molecule has 2 N–H and O–H groups in total. The first-order valence-electron chi connectivity index (χ1n) is 7.08. The highest BCUT2D eigenvalue weighted by molar-refractivity contribution is 5.95. The monoisotopic (exact) mass is 314 g/mol. The third-order valence-corrected chi connectivity index (χ3v) is 3.22. The SMILES string of the molecule is CN(Cc1ccccc1)C(=O)[C@H](CO)NC(=O)c1cnccn1. The Labute approximate surface area is 134 Å². The number of carbonyl (C=O) groups excluding carboxylic acids is 2. The third-order valence-electron chi connectivity index (χ3n) is 3.22. The number of carbonyl (C=O) groups is 2. The lowest BCUT2D eigenvalue weighted by atomic mass is 10.2. The van der Waals surface area contributed by atoms with Crippen molar-refractivity contribution in [3.05, 3.63) is 60.2 Å². The zero-order chi connectivity index (χ0) is 16.7. The molecule has 0 aliphatic rings. The average molecular weight is 314 g/mol. The van der Waals surface area contributed by atoms with E-state index in [1.165, 1.54) is 23.5 Å². The van der Waals surface area contributed by atoms with Gasteiger partial charge in [-0.05, 0) is 5.56 Å². The van der Waals surface area contributed by atoms with Crippen molar-refractivity contribution >= 4 is 11.8 Å². The number of aliphatic hydroxyl groups excluding tert-OH is 1. The molecule has 2 aromatic rings. The summed E-state index contributed by atoms with van der Waals surface area (Å²) in [5, 5.41) is 11.9. The molecule has 1 atom stereocenters. The minimum Gasteiger partial charge on any atom is -0.394 e. The van der Waals surface area contributed by atoms with Crippen molar-refractivity contribution in [3.8, 4) is 0 Å². The molecule has 2 rings (SSSR count). The van der Waals surface area contributed by atoms with Gasteiger partial charge in [-0.25, -0.2) is 4.98 Å². The van der Waals surface area contributed by atoms with Gasteiger partial charge in [-0.2, -0.15) is 0 Å². The Kier molecular flexibility index (Phi) is 5.76. The number of amides is 2. The molecule has 23 heavy (non-hydrogen) atoms. The number of aromatic nitrogens is 2. The maximum Gasteiger partial charge on any atom is 0.272 e. The molecule has 0 fully saturated rings. The van der Waals surface area contributed by atoms with Gasteiger partial charge in [0.1, 0.15) is 11.7 Å². The van der Waals surface area contributed by atoms with E-state index in [0.29, 0.717) is 6.54 Å². The first-order valence-corrected chi connectivity index (χ1v) is 7.08. The van der Waals surface area contributed by atoms with E-state index in [-0.39, 0.29) is 11.6 Å². The van der Waals surface area contributed by atoms with Crippen molar-refractivity contribution in [2.75, 3.05) is 13.7 Å². The lowest BCUT2D eigenvalue weighted by molar-refractivity contribution is -0.133. The van der Waals surface area contributed by atoms with Crippen LogP contribution < -0.4 is 5.32 Å². The van der Waals surface area contributed by atoms with Gasteiger partial charge < -0.3 is 15.3 Å². The van der Waals surface area contributed by atoms with Gasteiger partial charge in [0.2, 0.25) is 5.91 Å². The summed E-state index contributed by atoms with van der Waals surface area (Å²) in [6.07, 6.45) is 4.12. The number of hydrogen-bond donors (Lipinski definition) is 2. The van der Waals surface area contributed by atoms with Crippen molar-refractivity contribution in [3.63, 3.8) is 0 Å². The predicted octanol–water partition coefficient (Wildman–Crippen LogP) is 0.226. The summed E-state index contributed by atoms with van der Waals surface area (Å²) >= 11 is 0. The molecule has 0 radical (unpaired) electrons. The van der Waals surface area contributed by atoms with Gasteiger partial charge in [0, 0.05) is 26.0 Å². The summed E-state index contributed by atoms with van der Waals surface area (Å²) in [6, 6.07) is 8.42. The van der Waals surface area contributed by atoms with Crippen LogP contribution in [0.1, 0.15) is 16.1 Å². The van der Waals surface area contributed by atoms with Crippen LogP contribution in [-0.2, 0) is 11.3 Å². The first kappa shape index (κ1) is 16.6. The highest BCUT2D eigenvalue weighted by atomic mass is 16.3. The molecule has 0 aliphatic carbocycles. The van der Waals surface area contributed by atoms with Gasteiger partial charge in [0.15, 0.2) is 0 Å². The van der Waals surface area contributed by atoms with E-state index in [0.717, 1.165) is 5.56 Å². The standard InChI is InChI=1S/C16H18N4O3/c1-20(10-12-5-3-2-4-6-12)16(23)14(11-21)19-15(22)13-9-17-7-8-18-13/h2-9,14,21H,10-11H2,1H3,(H,19,22)/t14-/m0/s1. The second kappa shape index (κ2) is 8.00. The molecule has 1 aromatic heterocycles. The molecule has 120 valence electrons. The predicted molar refractivity (Wildman–Crippen MR) is 83.3 cm³/mol. The fourth-order valence-corrected chi connectivity index (χ4v) is 2.04. The Bertz CT molecular complexity index is 649. The van der Waals surface area contributed by atoms with Crippen LogP contribution in [0.15, 0.2) is 48.9 Å². The molecule has 0 bridgehead atoms. The van der Waals surface area contributed by atoms with Crippen LogP contribution in [0.3, 0.4) is 0 Å². The van der Waals surface area contributed by atoms with Crippen molar-refractivity contribution in [2.24, 2.45) is 0 Å². The second-order valence-electron chi connectivity index (χ2n) is 4.98. The largest absolute Gasteiger partial charge is 0.394 e. The number of hydrogen-bond acceptors (Lipinski definition) is 5. The minimum atomic E-state index is -1.03. The van der Waals surface area contributed by atoms with Gasteiger partial charge in [0.05, 0.1) is 12.8 Å². The fourth-order valence-electron chi connectivity index (χ4n) is 2.04. The van der Waals surface area contributed by atoms with E-state index >= 15 is 0 Å². The summed E-state index contributed by atoms with van der Waals surface area (Å²) in [4.78, 5) is 33.5. The normalized spacial score (nSPS) is 11.6. The Morgan fingerprint density at radius 1 is 1.26 bits per heavy atom. The molecule has 7 heteroatoms. The van der Waals surface area contributed by atoms with E-state index in [4.69, 9.17) is 0 Å². The smallest absolute Gasteiger partial charge is 0.272 e. The van der Waals surface area contributed by atoms with Crippen LogP contribution >= 0.6 is 0 Å². The lowest BCUT2D eigenvalue weighted by Gasteiger charge is -2.23. The van der Waals surface area contributed by atoms with E-state index in [1.807, 2.05) is 30.3 Å². The van der Waals surface area contributed by atoms with Crippen LogP contribution in [0.2, 0.25) is 0 Å². The van der Waals surface area contributed by atoms with Gasteiger partial charge in [0.25, 0.3) is 5.91 Å². The van der Waals surface area contributed by atoms with Crippen LogP contribution in [-0.4, -0.2) is 51.5 Å². The van der Waals surface area contributed by atoms with Gasteiger partial charge >= 0.3 is 0 Å². The number of likely N-dealkylation sites (N-methyl/N-ethyl adjacent to an activating group) is 1. The van der Waals surface area contributed by atoms with Gasteiger partial charge in [-0.15, -0.1) is 0 Å². The molecular formula is C16H18N4O3. The van der Waals surface area contributed by atoms with Crippen molar-refractivity contribution in [1.82, 2.24) is 20.2 Å². The lowest BCUT2D eigenvalue weighted by Crippen LogP contribution is -2.49. The zero-order valence-electron chi connectivity index (χ0n) is 12.7. The zero-order valence-corrected chi connectivity index (χ0v) is 12.7. The van der Waals surface area contributed by atoms with Crippen LogP contribution in [0.4, 0.5) is 0 Å².